The fraction of sp³-hybridized carbons (Fsp3) is 0.125. The molecule has 1 aromatic rings. The van der Waals surface area contributed by atoms with Crippen LogP contribution in [0.1, 0.15) is 11.1 Å². The van der Waals surface area contributed by atoms with Gasteiger partial charge in [0.15, 0.2) is 0 Å². The molecule has 1 radical (unpaired) electrons. The van der Waals surface area contributed by atoms with E-state index in [9.17, 15) is 13.2 Å². The summed E-state index contributed by atoms with van der Waals surface area (Å²) in [6.45, 7) is 0. The van der Waals surface area contributed by atoms with Gasteiger partial charge in [-0.15, -0.1) is 0 Å². The molecule has 1 aliphatic rings. The van der Waals surface area contributed by atoms with Crippen molar-refractivity contribution in [2.24, 2.45) is 5.10 Å². The monoisotopic (exact) mass is 185 g/mol. The highest BCUT2D eigenvalue weighted by molar-refractivity contribution is 5.91. The Kier molecular flexibility index (Phi) is 1.55. The predicted molar refractivity (Wildman–Crippen MR) is 40.8 cm³/mol. The Morgan fingerprint density at radius 2 is 1.92 bits per heavy atom. The molecule has 0 spiro atoms. The van der Waals surface area contributed by atoms with Gasteiger partial charge in [-0.25, -0.2) is 0 Å². The molecule has 0 N–H and O–H groups in total. The van der Waals surface area contributed by atoms with Crippen LogP contribution >= 0.6 is 0 Å². The number of nitrogens with zero attached hydrogens (tertiary/aromatic N) is 2. The van der Waals surface area contributed by atoms with Crippen molar-refractivity contribution in [2.75, 3.05) is 0 Å². The molecular formula is C8H4F3N2. The quantitative estimate of drug-likeness (QED) is 0.592. The van der Waals surface area contributed by atoms with Gasteiger partial charge in [-0.2, -0.15) is 23.7 Å². The van der Waals surface area contributed by atoms with Crippen molar-refractivity contribution in [1.29, 1.82) is 0 Å². The van der Waals surface area contributed by atoms with Gasteiger partial charge < -0.3 is 0 Å². The molecular weight excluding hydrogens is 181 g/mol. The van der Waals surface area contributed by atoms with Crippen molar-refractivity contribution in [3.63, 3.8) is 0 Å². The van der Waals surface area contributed by atoms with Crippen molar-refractivity contribution in [3.8, 4) is 0 Å². The highest BCUT2D eigenvalue weighted by Crippen LogP contribution is 2.35. The van der Waals surface area contributed by atoms with Crippen LogP contribution in [0.5, 0.6) is 0 Å². The summed E-state index contributed by atoms with van der Waals surface area (Å²) in [7, 11) is 0. The van der Waals surface area contributed by atoms with E-state index >= 15 is 0 Å². The molecule has 0 bridgehead atoms. The van der Waals surface area contributed by atoms with Gasteiger partial charge in [0.2, 0.25) is 0 Å². The van der Waals surface area contributed by atoms with Gasteiger partial charge in [-0.3, -0.25) is 0 Å². The van der Waals surface area contributed by atoms with E-state index in [1.807, 2.05) is 0 Å². The second-order valence-corrected chi connectivity index (χ2v) is 2.58. The standard InChI is InChI=1S/C8H4F3N2/c9-8(10,11)6-2-1-3-7-5(6)4-12-13-7/h1-4H. The molecule has 5 heteroatoms. The molecule has 0 unspecified atom stereocenters. The van der Waals surface area contributed by atoms with E-state index in [1.54, 1.807) is 0 Å². The molecule has 1 heterocycles. The highest BCUT2D eigenvalue weighted by atomic mass is 19.4. The molecule has 0 amide bonds. The third kappa shape index (κ3) is 1.26. The van der Waals surface area contributed by atoms with E-state index in [0.29, 0.717) is 0 Å². The lowest BCUT2D eigenvalue weighted by Crippen LogP contribution is -2.08. The van der Waals surface area contributed by atoms with Crippen molar-refractivity contribution in [3.05, 3.63) is 29.3 Å². The summed E-state index contributed by atoms with van der Waals surface area (Å²) in [5.41, 5.74) is 3.18. The molecule has 0 saturated carbocycles. The van der Waals surface area contributed by atoms with Gasteiger partial charge in [0.25, 0.3) is 0 Å². The Bertz CT molecular complexity index is 368. The summed E-state index contributed by atoms with van der Waals surface area (Å²) in [6, 6.07) is 3.84. The van der Waals surface area contributed by atoms with Crippen molar-refractivity contribution >= 4 is 11.9 Å². The maximum absolute atomic E-state index is 12.3. The third-order valence-corrected chi connectivity index (χ3v) is 1.74. The molecule has 0 atom stereocenters. The van der Waals surface area contributed by atoms with Crippen LogP contribution in [0.25, 0.3) is 0 Å². The largest absolute Gasteiger partial charge is 0.417 e. The second-order valence-electron chi connectivity index (χ2n) is 2.58. The second kappa shape index (κ2) is 2.48. The Hall–Kier alpha value is -1.52. The van der Waals surface area contributed by atoms with Crippen LogP contribution in [0, 0.1) is 0 Å². The molecule has 2 rings (SSSR count). The van der Waals surface area contributed by atoms with E-state index in [4.69, 9.17) is 0 Å². The molecule has 0 aliphatic carbocycles. The predicted octanol–water partition coefficient (Wildman–Crippen LogP) is 2.29. The minimum atomic E-state index is -4.34. The van der Waals surface area contributed by atoms with E-state index in [0.717, 1.165) is 12.3 Å². The Morgan fingerprint density at radius 3 is 2.62 bits per heavy atom. The lowest BCUT2D eigenvalue weighted by atomic mass is 10.1. The van der Waals surface area contributed by atoms with Crippen LogP contribution in [0.15, 0.2) is 23.3 Å². The van der Waals surface area contributed by atoms with Crippen molar-refractivity contribution in [1.82, 2.24) is 5.43 Å². The van der Waals surface area contributed by atoms with Gasteiger partial charge in [-0.1, -0.05) is 6.07 Å². The average Bonchev–Trinajstić information content (AvgIpc) is 2.48. The SMILES string of the molecule is FC(F)(F)c1cccc2c1C=N[N]2. The number of hydrogen-bond acceptors (Lipinski definition) is 1. The molecule has 0 saturated heterocycles. The first-order chi connectivity index (χ1) is 6.09. The zero-order chi connectivity index (χ0) is 9.47. The summed E-state index contributed by atoms with van der Waals surface area (Å²) < 4.78 is 37.0. The Morgan fingerprint density at radius 1 is 1.15 bits per heavy atom. The Balaban J connectivity index is 2.59. The summed E-state index contributed by atoms with van der Waals surface area (Å²) >= 11 is 0. The van der Waals surface area contributed by atoms with Gasteiger partial charge in [0.05, 0.1) is 17.5 Å². The minimum Gasteiger partial charge on any atom is -0.166 e. The van der Waals surface area contributed by atoms with Gasteiger partial charge in [0.1, 0.15) is 0 Å². The first-order valence-electron chi connectivity index (χ1n) is 3.53. The molecule has 2 nitrogen and oxygen atoms in total. The smallest absolute Gasteiger partial charge is 0.166 e. The van der Waals surface area contributed by atoms with Crippen LogP contribution in [-0.4, -0.2) is 6.21 Å². The van der Waals surface area contributed by atoms with Gasteiger partial charge in [-0.05, 0) is 12.1 Å². The molecule has 1 aromatic carbocycles. The molecule has 13 heavy (non-hydrogen) atoms. The molecule has 0 fully saturated rings. The van der Waals surface area contributed by atoms with E-state index in [1.165, 1.54) is 12.1 Å². The van der Waals surface area contributed by atoms with Crippen LogP contribution in [0.4, 0.5) is 18.9 Å². The Labute approximate surface area is 72.1 Å². The molecule has 67 valence electrons. The summed E-state index contributed by atoms with van der Waals surface area (Å²) in [5, 5.41) is 3.43. The van der Waals surface area contributed by atoms with E-state index in [2.05, 4.69) is 10.5 Å². The lowest BCUT2D eigenvalue weighted by Gasteiger charge is -2.08. The van der Waals surface area contributed by atoms with Gasteiger partial charge >= 0.3 is 6.18 Å². The molecule has 0 aromatic heterocycles. The molecule has 1 aliphatic heterocycles. The fourth-order valence-electron chi connectivity index (χ4n) is 1.17. The lowest BCUT2D eigenvalue weighted by molar-refractivity contribution is -0.137. The highest BCUT2D eigenvalue weighted by Gasteiger charge is 2.34. The zero-order valence-corrected chi connectivity index (χ0v) is 6.34. The number of hydrogen-bond donors (Lipinski definition) is 0. The number of rotatable bonds is 0. The first-order valence-corrected chi connectivity index (χ1v) is 3.53. The summed E-state index contributed by atoms with van der Waals surface area (Å²) in [5.74, 6) is 0. The topological polar surface area (TPSA) is 26.5 Å². The van der Waals surface area contributed by atoms with E-state index < -0.39 is 11.7 Å². The number of halogens is 3. The number of alkyl halides is 3. The van der Waals surface area contributed by atoms with Crippen LogP contribution < -0.4 is 5.43 Å². The maximum atomic E-state index is 12.3. The fourth-order valence-corrected chi connectivity index (χ4v) is 1.17. The van der Waals surface area contributed by atoms with E-state index in [-0.39, 0.29) is 11.3 Å². The van der Waals surface area contributed by atoms with Crippen LogP contribution in [0.2, 0.25) is 0 Å². The number of fused-ring (bicyclic) bond motifs is 1. The van der Waals surface area contributed by atoms with Crippen LogP contribution in [-0.2, 0) is 6.18 Å². The zero-order valence-electron chi connectivity index (χ0n) is 6.34. The summed E-state index contributed by atoms with van der Waals surface area (Å²) in [4.78, 5) is 0. The maximum Gasteiger partial charge on any atom is 0.417 e. The van der Waals surface area contributed by atoms with Crippen molar-refractivity contribution in [2.45, 2.75) is 6.18 Å². The summed E-state index contributed by atoms with van der Waals surface area (Å²) in [6.07, 6.45) is -3.21. The van der Waals surface area contributed by atoms with Crippen molar-refractivity contribution < 1.29 is 13.2 Å². The first kappa shape index (κ1) is 8.10. The van der Waals surface area contributed by atoms with Gasteiger partial charge in [0, 0.05) is 5.56 Å². The normalized spacial score (nSPS) is 14.1. The third-order valence-electron chi connectivity index (χ3n) is 1.74. The minimum absolute atomic E-state index is 0.0509. The average molecular weight is 185 g/mol. The van der Waals surface area contributed by atoms with Crippen LogP contribution in [0.3, 0.4) is 0 Å². The number of benzene rings is 1.